The maximum atomic E-state index is 6.22. The first-order valence-corrected chi connectivity index (χ1v) is 9.26. The van der Waals surface area contributed by atoms with Gasteiger partial charge in [-0.25, -0.2) is 15.0 Å². The minimum Gasteiger partial charge on any atom is -0.368 e. The molecule has 1 fully saturated rings. The van der Waals surface area contributed by atoms with Gasteiger partial charge in [0, 0.05) is 24.8 Å². The second kappa shape index (κ2) is 7.13. The first-order valence-electron chi connectivity index (χ1n) is 8.51. The summed E-state index contributed by atoms with van der Waals surface area (Å²) in [6, 6.07) is 7.30. The Hall–Kier alpha value is -2.31. The number of hydrogen-bond acceptors (Lipinski definition) is 5. The molecule has 1 saturated heterocycles. The van der Waals surface area contributed by atoms with Gasteiger partial charge in [-0.3, -0.25) is 0 Å². The average molecular weight is 389 g/mol. The molecule has 4 rings (SSSR count). The van der Waals surface area contributed by atoms with Gasteiger partial charge in [0.05, 0.1) is 21.4 Å². The quantitative estimate of drug-likeness (QED) is 0.693. The summed E-state index contributed by atoms with van der Waals surface area (Å²) in [6.45, 7) is 1.97. The van der Waals surface area contributed by atoms with E-state index in [1.165, 1.54) is 19.3 Å². The fraction of sp³-hybridized carbons (Fsp3) is 0.278. The summed E-state index contributed by atoms with van der Waals surface area (Å²) in [6.07, 6.45) is 5.22. The van der Waals surface area contributed by atoms with E-state index in [-0.39, 0.29) is 5.95 Å². The van der Waals surface area contributed by atoms with Gasteiger partial charge in [0.2, 0.25) is 11.9 Å². The van der Waals surface area contributed by atoms with E-state index in [0.29, 0.717) is 15.7 Å². The van der Waals surface area contributed by atoms with Crippen LogP contribution in [0.2, 0.25) is 10.0 Å². The van der Waals surface area contributed by atoms with Crippen molar-refractivity contribution in [2.75, 3.05) is 23.7 Å². The third-order valence-corrected chi connectivity index (χ3v) is 5.21. The summed E-state index contributed by atoms with van der Waals surface area (Å²) < 4.78 is 0. The topological polar surface area (TPSA) is 83.7 Å². The molecule has 0 radical (unpaired) electrons. The number of benzene rings is 1. The maximum Gasteiger partial charge on any atom is 0.220 e. The number of nitrogens with two attached hydrogens (primary N) is 1. The van der Waals surface area contributed by atoms with Crippen LogP contribution >= 0.6 is 23.2 Å². The third kappa shape index (κ3) is 3.34. The smallest absolute Gasteiger partial charge is 0.220 e. The van der Waals surface area contributed by atoms with Crippen LogP contribution in [0.5, 0.6) is 0 Å². The number of nitrogen functional groups attached to an aromatic ring is 1. The molecular weight excluding hydrogens is 371 g/mol. The van der Waals surface area contributed by atoms with Crippen LogP contribution in [0.1, 0.15) is 19.3 Å². The molecule has 1 aliphatic heterocycles. The van der Waals surface area contributed by atoms with E-state index >= 15 is 0 Å². The van der Waals surface area contributed by atoms with E-state index in [4.69, 9.17) is 33.9 Å². The second-order valence-electron chi connectivity index (χ2n) is 6.26. The molecular formula is C18H18Cl2N6. The molecule has 26 heavy (non-hydrogen) atoms. The van der Waals surface area contributed by atoms with E-state index in [9.17, 15) is 0 Å². The molecule has 0 unspecified atom stereocenters. The van der Waals surface area contributed by atoms with Crippen LogP contribution in [0.15, 0.2) is 30.5 Å². The minimum absolute atomic E-state index is 0.219. The van der Waals surface area contributed by atoms with Crippen molar-refractivity contribution in [3.63, 3.8) is 0 Å². The van der Waals surface area contributed by atoms with E-state index in [1.807, 2.05) is 18.2 Å². The predicted octanol–water partition coefficient (Wildman–Crippen LogP) is 4.41. The van der Waals surface area contributed by atoms with Crippen LogP contribution in [0.25, 0.3) is 22.6 Å². The first kappa shape index (κ1) is 17.1. The van der Waals surface area contributed by atoms with Crippen LogP contribution in [-0.2, 0) is 0 Å². The first-order chi connectivity index (χ1) is 12.6. The Labute approximate surface area is 161 Å². The highest BCUT2D eigenvalue weighted by atomic mass is 35.5. The highest BCUT2D eigenvalue weighted by Crippen LogP contribution is 2.35. The number of nitrogens with one attached hydrogen (secondary N) is 1. The fourth-order valence-corrected chi connectivity index (χ4v) is 3.47. The third-order valence-electron chi connectivity index (χ3n) is 4.47. The van der Waals surface area contributed by atoms with Crippen LogP contribution in [-0.4, -0.2) is 33.0 Å². The van der Waals surface area contributed by atoms with Crippen molar-refractivity contribution < 1.29 is 0 Å². The van der Waals surface area contributed by atoms with E-state index < -0.39 is 0 Å². The van der Waals surface area contributed by atoms with Gasteiger partial charge < -0.3 is 15.6 Å². The van der Waals surface area contributed by atoms with Crippen molar-refractivity contribution in [2.24, 2.45) is 0 Å². The standard InChI is InChI=1S/C18H18Cl2N6/c19-12-5-4-11(10-13(12)20)15-16(14-6-7-22-17(21)23-14)25-18(24-15)26-8-2-1-3-9-26/h4-7,10H,1-3,8-9H2,(H,24,25)(H2,21,22,23). The SMILES string of the molecule is Nc1nccc(-c2[nH]c(N3CCCCC3)nc2-c2ccc(Cl)c(Cl)c2)n1. The molecule has 0 bridgehead atoms. The van der Waals surface area contributed by atoms with Crippen molar-refractivity contribution in [2.45, 2.75) is 19.3 Å². The molecule has 1 aliphatic rings. The zero-order valence-electron chi connectivity index (χ0n) is 14.0. The molecule has 3 N–H and O–H groups in total. The lowest BCUT2D eigenvalue weighted by Crippen LogP contribution is -2.30. The van der Waals surface area contributed by atoms with Gasteiger partial charge in [-0.2, -0.15) is 0 Å². The number of aromatic amines is 1. The molecule has 0 amide bonds. The predicted molar refractivity (Wildman–Crippen MR) is 106 cm³/mol. The normalized spacial score (nSPS) is 14.6. The lowest BCUT2D eigenvalue weighted by atomic mass is 10.1. The summed E-state index contributed by atoms with van der Waals surface area (Å²) in [4.78, 5) is 18.9. The number of rotatable bonds is 3. The van der Waals surface area contributed by atoms with Gasteiger partial charge in [-0.1, -0.05) is 29.3 Å². The number of anilines is 2. The zero-order valence-corrected chi connectivity index (χ0v) is 15.6. The molecule has 6 nitrogen and oxygen atoms in total. The maximum absolute atomic E-state index is 6.22. The van der Waals surface area contributed by atoms with Crippen molar-refractivity contribution in [1.29, 1.82) is 0 Å². The average Bonchev–Trinajstić information content (AvgIpc) is 3.10. The van der Waals surface area contributed by atoms with E-state index in [0.717, 1.165) is 36.0 Å². The van der Waals surface area contributed by atoms with Gasteiger partial charge >= 0.3 is 0 Å². The number of H-pyrrole nitrogens is 1. The summed E-state index contributed by atoms with van der Waals surface area (Å²) in [5, 5.41) is 0.995. The lowest BCUT2D eigenvalue weighted by Gasteiger charge is -2.25. The molecule has 0 saturated carbocycles. The molecule has 3 heterocycles. The van der Waals surface area contributed by atoms with E-state index in [1.54, 1.807) is 12.3 Å². The highest BCUT2D eigenvalue weighted by Gasteiger charge is 2.21. The fourth-order valence-electron chi connectivity index (χ4n) is 3.17. The Morgan fingerprint density at radius 1 is 1.00 bits per heavy atom. The minimum atomic E-state index is 0.219. The van der Waals surface area contributed by atoms with Crippen LogP contribution in [0, 0.1) is 0 Å². The Morgan fingerprint density at radius 3 is 2.54 bits per heavy atom. The Balaban J connectivity index is 1.84. The van der Waals surface area contributed by atoms with Gasteiger partial charge in [-0.05, 0) is 37.5 Å². The molecule has 0 atom stereocenters. The Morgan fingerprint density at radius 2 is 1.81 bits per heavy atom. The van der Waals surface area contributed by atoms with E-state index in [2.05, 4.69) is 19.9 Å². The molecule has 2 aromatic heterocycles. The molecule has 1 aromatic carbocycles. The number of piperidine rings is 1. The number of hydrogen-bond donors (Lipinski definition) is 2. The van der Waals surface area contributed by atoms with Gasteiger partial charge in [0.25, 0.3) is 0 Å². The second-order valence-corrected chi connectivity index (χ2v) is 7.08. The molecule has 0 aliphatic carbocycles. The van der Waals surface area contributed by atoms with Gasteiger partial charge in [0.15, 0.2) is 0 Å². The summed E-state index contributed by atoms with van der Waals surface area (Å²) in [7, 11) is 0. The van der Waals surface area contributed by atoms with Crippen molar-refractivity contribution >= 4 is 35.1 Å². The number of nitrogens with zero attached hydrogens (tertiary/aromatic N) is 4. The van der Waals surface area contributed by atoms with Crippen molar-refractivity contribution in [3.05, 3.63) is 40.5 Å². The highest BCUT2D eigenvalue weighted by molar-refractivity contribution is 6.42. The summed E-state index contributed by atoms with van der Waals surface area (Å²) >= 11 is 12.3. The van der Waals surface area contributed by atoms with Crippen molar-refractivity contribution in [1.82, 2.24) is 19.9 Å². The monoisotopic (exact) mass is 388 g/mol. The zero-order chi connectivity index (χ0) is 18.1. The molecule has 8 heteroatoms. The lowest BCUT2D eigenvalue weighted by molar-refractivity contribution is 0.570. The van der Waals surface area contributed by atoms with Gasteiger partial charge in [-0.15, -0.1) is 0 Å². The summed E-state index contributed by atoms with van der Waals surface area (Å²) in [5.74, 6) is 1.05. The van der Waals surface area contributed by atoms with Crippen LogP contribution < -0.4 is 10.6 Å². The van der Waals surface area contributed by atoms with Crippen LogP contribution in [0.4, 0.5) is 11.9 Å². The molecule has 134 valence electrons. The number of aromatic nitrogens is 4. The summed E-state index contributed by atoms with van der Waals surface area (Å²) in [5.41, 5.74) is 8.88. The molecule has 3 aromatic rings. The van der Waals surface area contributed by atoms with Gasteiger partial charge in [0.1, 0.15) is 5.69 Å². The van der Waals surface area contributed by atoms with Crippen molar-refractivity contribution in [3.8, 4) is 22.6 Å². The number of imidazole rings is 1. The Bertz CT molecular complexity index is 933. The molecule has 0 spiro atoms. The number of halogens is 2. The Kier molecular flexibility index (Phi) is 4.70. The largest absolute Gasteiger partial charge is 0.368 e. The van der Waals surface area contributed by atoms with Crippen LogP contribution in [0.3, 0.4) is 0 Å².